The van der Waals surface area contributed by atoms with Crippen LogP contribution in [0.15, 0.2) is 94.8 Å². The number of sulfone groups is 1. The first-order chi connectivity index (χ1) is 13.5. The molecule has 152 valence electrons. The van der Waals surface area contributed by atoms with Gasteiger partial charge < -0.3 is 15.8 Å². The molecule has 3 aromatic carbocycles. The topological polar surface area (TPSA) is 93.8 Å². The summed E-state index contributed by atoms with van der Waals surface area (Å²) >= 11 is 0. The van der Waals surface area contributed by atoms with Crippen LogP contribution in [0.2, 0.25) is 0 Å². The number of guanidine groups is 1. The molecule has 0 radical (unpaired) electrons. The van der Waals surface area contributed by atoms with Gasteiger partial charge in [-0.2, -0.15) is 0 Å². The standard InChI is InChI=1S/C21H21N3O3S.HI/c22-21(23-14-15-28(25,26)20-12-5-2-6-13-20)24-17-8-7-11-19(16-17)27-18-9-3-1-4-10-18;/h1-13,16H,14-15H2,(H3,22,23,24);1H. The number of halogens is 1. The Morgan fingerprint density at radius 1 is 0.897 bits per heavy atom. The van der Waals surface area contributed by atoms with Crippen molar-refractivity contribution in [3.8, 4) is 11.5 Å². The van der Waals surface area contributed by atoms with Crippen molar-refractivity contribution in [3.63, 3.8) is 0 Å². The smallest absolute Gasteiger partial charge is 0.193 e. The van der Waals surface area contributed by atoms with E-state index in [1.807, 2.05) is 48.5 Å². The zero-order chi connectivity index (χ0) is 19.8. The number of benzene rings is 3. The van der Waals surface area contributed by atoms with Gasteiger partial charge >= 0.3 is 0 Å². The molecule has 0 atom stereocenters. The van der Waals surface area contributed by atoms with Gasteiger partial charge in [-0.15, -0.1) is 24.0 Å². The number of nitrogens with two attached hydrogens (primary N) is 1. The Morgan fingerprint density at radius 3 is 2.21 bits per heavy atom. The molecule has 0 aliphatic heterocycles. The monoisotopic (exact) mass is 523 g/mol. The summed E-state index contributed by atoms with van der Waals surface area (Å²) in [4.78, 5) is 4.39. The fourth-order valence-corrected chi connectivity index (χ4v) is 3.62. The summed E-state index contributed by atoms with van der Waals surface area (Å²) in [6.45, 7) is 0.0657. The predicted octanol–water partition coefficient (Wildman–Crippen LogP) is 4.30. The van der Waals surface area contributed by atoms with Crippen molar-refractivity contribution >= 4 is 45.5 Å². The second-order valence-corrected chi connectivity index (χ2v) is 8.08. The van der Waals surface area contributed by atoms with Crippen molar-refractivity contribution in [3.05, 3.63) is 84.9 Å². The number of nitrogens with zero attached hydrogens (tertiary/aromatic N) is 1. The summed E-state index contributed by atoms with van der Waals surface area (Å²) in [6.07, 6.45) is 0. The normalized spacial score (nSPS) is 11.4. The summed E-state index contributed by atoms with van der Waals surface area (Å²) in [6, 6.07) is 25.0. The molecule has 3 N–H and O–H groups in total. The first-order valence-electron chi connectivity index (χ1n) is 8.71. The molecular formula is C21H22IN3O3S. The van der Waals surface area contributed by atoms with E-state index in [4.69, 9.17) is 10.5 Å². The van der Waals surface area contributed by atoms with Gasteiger partial charge in [0.15, 0.2) is 15.8 Å². The maximum absolute atomic E-state index is 12.2. The van der Waals surface area contributed by atoms with Crippen molar-refractivity contribution in [1.29, 1.82) is 0 Å². The Balaban J connectivity index is 0.00000300. The van der Waals surface area contributed by atoms with E-state index in [1.165, 1.54) is 0 Å². The molecule has 3 rings (SSSR count). The lowest BCUT2D eigenvalue weighted by molar-refractivity contribution is 0.483. The predicted molar refractivity (Wildman–Crippen MR) is 127 cm³/mol. The minimum absolute atomic E-state index is 0. The molecule has 0 saturated heterocycles. The molecule has 3 aromatic rings. The minimum atomic E-state index is -3.38. The number of nitrogens with one attached hydrogen (secondary N) is 1. The number of hydrogen-bond acceptors (Lipinski definition) is 4. The molecule has 0 aliphatic rings. The van der Waals surface area contributed by atoms with Crippen LogP contribution in [-0.4, -0.2) is 26.7 Å². The Kier molecular flexibility index (Phi) is 8.47. The van der Waals surface area contributed by atoms with E-state index >= 15 is 0 Å². The largest absolute Gasteiger partial charge is 0.457 e. The summed E-state index contributed by atoms with van der Waals surface area (Å²) in [5.74, 6) is 1.40. The molecule has 0 unspecified atom stereocenters. The van der Waals surface area contributed by atoms with Crippen molar-refractivity contribution < 1.29 is 13.2 Å². The van der Waals surface area contributed by atoms with Crippen LogP contribution < -0.4 is 15.8 Å². The zero-order valence-corrected chi connectivity index (χ0v) is 18.7. The van der Waals surface area contributed by atoms with E-state index in [-0.39, 0.29) is 47.1 Å². The third-order valence-electron chi connectivity index (χ3n) is 3.83. The van der Waals surface area contributed by atoms with Crippen LogP contribution in [0.5, 0.6) is 11.5 Å². The van der Waals surface area contributed by atoms with Crippen LogP contribution in [0.3, 0.4) is 0 Å². The van der Waals surface area contributed by atoms with Crippen molar-refractivity contribution in [2.75, 3.05) is 17.6 Å². The van der Waals surface area contributed by atoms with Gasteiger partial charge in [0.05, 0.1) is 17.2 Å². The average molecular weight is 523 g/mol. The zero-order valence-electron chi connectivity index (χ0n) is 15.6. The highest BCUT2D eigenvalue weighted by atomic mass is 127. The molecule has 0 aromatic heterocycles. The van der Waals surface area contributed by atoms with Crippen LogP contribution in [-0.2, 0) is 9.84 Å². The first kappa shape index (κ1) is 22.7. The lowest BCUT2D eigenvalue weighted by atomic mass is 10.3. The molecular weight excluding hydrogens is 501 g/mol. The maximum atomic E-state index is 12.2. The Morgan fingerprint density at radius 2 is 1.52 bits per heavy atom. The Hall–Kier alpha value is -2.59. The van der Waals surface area contributed by atoms with Crippen LogP contribution in [0.1, 0.15) is 0 Å². The van der Waals surface area contributed by atoms with Gasteiger partial charge in [-0.3, -0.25) is 4.99 Å². The molecule has 8 heteroatoms. The lowest BCUT2D eigenvalue weighted by Gasteiger charge is -2.09. The Bertz CT molecular complexity index is 1040. The summed E-state index contributed by atoms with van der Waals surface area (Å²) in [7, 11) is -3.38. The van der Waals surface area contributed by atoms with Crippen LogP contribution in [0.25, 0.3) is 0 Å². The van der Waals surface area contributed by atoms with E-state index in [9.17, 15) is 8.42 Å². The summed E-state index contributed by atoms with van der Waals surface area (Å²) in [5, 5.41) is 2.95. The molecule has 29 heavy (non-hydrogen) atoms. The molecule has 0 aliphatic carbocycles. The fourth-order valence-electron chi connectivity index (χ4n) is 2.48. The third kappa shape index (κ3) is 7.06. The second-order valence-electron chi connectivity index (χ2n) is 5.97. The van der Waals surface area contributed by atoms with Gasteiger partial charge in [0, 0.05) is 11.8 Å². The van der Waals surface area contributed by atoms with Gasteiger partial charge in [-0.25, -0.2) is 8.42 Å². The van der Waals surface area contributed by atoms with Crippen molar-refractivity contribution in [1.82, 2.24) is 0 Å². The van der Waals surface area contributed by atoms with Gasteiger partial charge in [0.1, 0.15) is 11.5 Å². The van der Waals surface area contributed by atoms with E-state index < -0.39 is 9.84 Å². The molecule has 0 spiro atoms. The van der Waals surface area contributed by atoms with E-state index in [2.05, 4.69) is 10.3 Å². The number of ether oxygens (including phenoxy) is 1. The van der Waals surface area contributed by atoms with E-state index in [1.54, 1.807) is 36.4 Å². The number of para-hydroxylation sites is 1. The minimum Gasteiger partial charge on any atom is -0.457 e. The van der Waals surface area contributed by atoms with Gasteiger partial charge in [-0.1, -0.05) is 42.5 Å². The number of anilines is 1. The molecule has 0 saturated carbocycles. The van der Waals surface area contributed by atoms with Crippen LogP contribution >= 0.6 is 24.0 Å². The average Bonchev–Trinajstić information content (AvgIpc) is 2.69. The summed E-state index contributed by atoms with van der Waals surface area (Å²) < 4.78 is 30.3. The number of rotatable bonds is 7. The SMILES string of the molecule is I.NC(=NCCS(=O)(=O)c1ccccc1)Nc1cccc(Oc2ccccc2)c1. The van der Waals surface area contributed by atoms with E-state index in [0.717, 1.165) is 5.75 Å². The molecule has 0 bridgehead atoms. The maximum Gasteiger partial charge on any atom is 0.193 e. The Labute approximate surface area is 187 Å². The molecule has 0 heterocycles. The highest BCUT2D eigenvalue weighted by molar-refractivity contribution is 14.0. The molecule has 0 fully saturated rings. The highest BCUT2D eigenvalue weighted by Crippen LogP contribution is 2.23. The number of aliphatic imine (C=N–C) groups is 1. The fraction of sp³-hybridized carbons (Fsp3) is 0.0952. The van der Waals surface area contributed by atoms with Crippen molar-refractivity contribution in [2.45, 2.75) is 4.90 Å². The van der Waals surface area contributed by atoms with Crippen LogP contribution in [0, 0.1) is 0 Å². The number of hydrogen-bond donors (Lipinski definition) is 2. The lowest BCUT2D eigenvalue weighted by Crippen LogP contribution is -2.24. The molecule has 0 amide bonds. The van der Waals surface area contributed by atoms with Gasteiger partial charge in [0.25, 0.3) is 0 Å². The van der Waals surface area contributed by atoms with Gasteiger partial charge in [-0.05, 0) is 36.4 Å². The first-order valence-corrected chi connectivity index (χ1v) is 10.4. The van der Waals surface area contributed by atoms with Crippen LogP contribution in [0.4, 0.5) is 5.69 Å². The van der Waals surface area contributed by atoms with Crippen molar-refractivity contribution in [2.24, 2.45) is 10.7 Å². The quantitative estimate of drug-likeness (QED) is 0.274. The second kappa shape index (κ2) is 10.8. The highest BCUT2D eigenvalue weighted by Gasteiger charge is 2.12. The molecule has 6 nitrogen and oxygen atoms in total. The summed E-state index contributed by atoms with van der Waals surface area (Å²) in [5.41, 5.74) is 6.57. The third-order valence-corrected chi connectivity index (χ3v) is 5.54. The van der Waals surface area contributed by atoms with E-state index in [0.29, 0.717) is 11.4 Å². The van der Waals surface area contributed by atoms with Gasteiger partial charge in [0.2, 0.25) is 0 Å².